The molecule has 2 atom stereocenters. The zero-order valence-electron chi connectivity index (χ0n) is 12.7. The lowest BCUT2D eigenvalue weighted by atomic mass is 9.96. The van der Waals surface area contributed by atoms with E-state index in [1.54, 1.807) is 6.20 Å². The SMILES string of the molecule is Cc1cccnc1[C@H](NC(=O)[C@@H]1CCS(=O)(=O)C1)C(C)C. The number of carbonyl (C=O) groups excluding carboxylic acids is 1. The lowest BCUT2D eigenvalue weighted by molar-refractivity contribution is -0.125. The first-order valence-corrected chi connectivity index (χ1v) is 9.04. The average molecular weight is 310 g/mol. The van der Waals surface area contributed by atoms with Crippen LogP contribution in [0.25, 0.3) is 0 Å². The van der Waals surface area contributed by atoms with Crippen LogP contribution in [0.3, 0.4) is 0 Å². The molecule has 1 amide bonds. The molecule has 1 fully saturated rings. The van der Waals surface area contributed by atoms with E-state index in [9.17, 15) is 13.2 Å². The maximum absolute atomic E-state index is 12.3. The highest BCUT2D eigenvalue weighted by molar-refractivity contribution is 7.91. The monoisotopic (exact) mass is 310 g/mol. The molecule has 0 aromatic carbocycles. The quantitative estimate of drug-likeness (QED) is 0.917. The van der Waals surface area contributed by atoms with Crippen molar-refractivity contribution in [2.75, 3.05) is 11.5 Å². The molecule has 21 heavy (non-hydrogen) atoms. The smallest absolute Gasteiger partial charge is 0.224 e. The molecule has 0 unspecified atom stereocenters. The van der Waals surface area contributed by atoms with Crippen molar-refractivity contribution >= 4 is 15.7 Å². The molecule has 0 bridgehead atoms. The Labute approximate surface area is 126 Å². The van der Waals surface area contributed by atoms with Crippen LogP contribution >= 0.6 is 0 Å². The Bertz CT molecular complexity index is 626. The fourth-order valence-corrected chi connectivity index (χ4v) is 4.39. The molecule has 1 aliphatic rings. The van der Waals surface area contributed by atoms with Crippen molar-refractivity contribution in [1.82, 2.24) is 10.3 Å². The van der Waals surface area contributed by atoms with Gasteiger partial charge < -0.3 is 5.32 Å². The molecule has 5 nitrogen and oxygen atoms in total. The fraction of sp³-hybridized carbons (Fsp3) is 0.600. The predicted octanol–water partition coefficient (Wildman–Crippen LogP) is 1.64. The summed E-state index contributed by atoms with van der Waals surface area (Å²) in [4.78, 5) is 16.7. The Morgan fingerprint density at radius 2 is 2.14 bits per heavy atom. The zero-order valence-corrected chi connectivity index (χ0v) is 13.5. The zero-order chi connectivity index (χ0) is 15.6. The molecule has 0 radical (unpaired) electrons. The number of aromatic nitrogens is 1. The maximum Gasteiger partial charge on any atom is 0.224 e. The lowest BCUT2D eigenvalue weighted by Crippen LogP contribution is -2.37. The summed E-state index contributed by atoms with van der Waals surface area (Å²) < 4.78 is 23.0. The molecular formula is C15H22N2O3S. The summed E-state index contributed by atoms with van der Waals surface area (Å²) in [5.41, 5.74) is 1.87. The first-order chi connectivity index (χ1) is 9.80. The van der Waals surface area contributed by atoms with Crippen molar-refractivity contribution in [3.05, 3.63) is 29.6 Å². The third kappa shape index (κ3) is 3.81. The number of rotatable bonds is 4. The highest BCUT2D eigenvalue weighted by Crippen LogP contribution is 2.25. The molecule has 1 aromatic heterocycles. The van der Waals surface area contributed by atoms with Crippen molar-refractivity contribution in [2.45, 2.75) is 33.2 Å². The van der Waals surface area contributed by atoms with Crippen LogP contribution < -0.4 is 5.32 Å². The number of nitrogens with one attached hydrogen (secondary N) is 1. The molecule has 1 saturated heterocycles. The first kappa shape index (κ1) is 15.9. The minimum Gasteiger partial charge on any atom is -0.347 e. The van der Waals surface area contributed by atoms with Crippen molar-refractivity contribution in [3.8, 4) is 0 Å². The van der Waals surface area contributed by atoms with Crippen LogP contribution in [0.4, 0.5) is 0 Å². The van der Waals surface area contributed by atoms with Crippen LogP contribution in [-0.2, 0) is 14.6 Å². The molecule has 0 spiro atoms. The second-order valence-electron chi connectivity index (χ2n) is 6.04. The summed E-state index contributed by atoms with van der Waals surface area (Å²) in [6.07, 6.45) is 2.13. The van der Waals surface area contributed by atoms with E-state index in [4.69, 9.17) is 0 Å². The van der Waals surface area contributed by atoms with Crippen molar-refractivity contribution in [3.63, 3.8) is 0 Å². The Morgan fingerprint density at radius 1 is 1.43 bits per heavy atom. The number of aryl methyl sites for hydroxylation is 1. The largest absolute Gasteiger partial charge is 0.347 e. The van der Waals surface area contributed by atoms with E-state index in [0.717, 1.165) is 11.3 Å². The Hall–Kier alpha value is -1.43. The van der Waals surface area contributed by atoms with Gasteiger partial charge in [-0.2, -0.15) is 0 Å². The van der Waals surface area contributed by atoms with Crippen LogP contribution in [0.15, 0.2) is 18.3 Å². The summed E-state index contributed by atoms with van der Waals surface area (Å²) in [5, 5.41) is 2.99. The average Bonchev–Trinajstić information content (AvgIpc) is 2.77. The Kier molecular flexibility index (Phi) is 4.66. The number of sulfone groups is 1. The molecule has 0 aliphatic carbocycles. The minimum absolute atomic E-state index is 0.0369. The Morgan fingerprint density at radius 3 is 2.67 bits per heavy atom. The predicted molar refractivity (Wildman–Crippen MR) is 81.5 cm³/mol. The van der Waals surface area contributed by atoms with Gasteiger partial charge in [0.1, 0.15) is 0 Å². The van der Waals surface area contributed by atoms with Gasteiger partial charge in [0.25, 0.3) is 0 Å². The molecule has 116 valence electrons. The van der Waals surface area contributed by atoms with Gasteiger partial charge in [0.05, 0.1) is 29.2 Å². The summed E-state index contributed by atoms with van der Waals surface area (Å²) in [6, 6.07) is 3.63. The standard InChI is InChI=1S/C15H22N2O3S/c1-10(2)13(14-11(3)5-4-7-16-14)17-15(18)12-6-8-21(19,20)9-12/h4-5,7,10,12-13H,6,8-9H2,1-3H3,(H,17,18)/t12-,13-/m1/s1. The van der Waals surface area contributed by atoms with Crippen LogP contribution in [-0.4, -0.2) is 30.8 Å². The first-order valence-electron chi connectivity index (χ1n) is 7.22. The maximum atomic E-state index is 12.3. The van der Waals surface area contributed by atoms with Gasteiger partial charge in [-0.25, -0.2) is 8.42 Å². The third-order valence-corrected chi connectivity index (χ3v) is 5.68. The van der Waals surface area contributed by atoms with E-state index >= 15 is 0 Å². The molecule has 1 N–H and O–H groups in total. The summed E-state index contributed by atoms with van der Waals surface area (Å²) in [6.45, 7) is 6.00. The number of hydrogen-bond donors (Lipinski definition) is 1. The highest BCUT2D eigenvalue weighted by Gasteiger charge is 2.34. The van der Waals surface area contributed by atoms with Crippen LogP contribution in [0, 0.1) is 18.8 Å². The van der Waals surface area contributed by atoms with Crippen LogP contribution in [0.1, 0.15) is 37.6 Å². The topological polar surface area (TPSA) is 76.1 Å². The van der Waals surface area contributed by atoms with Gasteiger partial charge in [0.2, 0.25) is 5.91 Å². The van der Waals surface area contributed by atoms with Crippen molar-refractivity contribution in [1.29, 1.82) is 0 Å². The fourth-order valence-electron chi connectivity index (χ4n) is 2.65. The molecule has 1 aromatic rings. The van der Waals surface area contributed by atoms with E-state index in [2.05, 4.69) is 10.3 Å². The van der Waals surface area contributed by atoms with Gasteiger partial charge in [-0.3, -0.25) is 9.78 Å². The lowest BCUT2D eigenvalue weighted by Gasteiger charge is -2.24. The minimum atomic E-state index is -3.05. The number of nitrogens with zero attached hydrogens (tertiary/aromatic N) is 1. The van der Waals surface area contributed by atoms with E-state index < -0.39 is 15.8 Å². The van der Waals surface area contributed by atoms with E-state index in [0.29, 0.717) is 6.42 Å². The molecule has 2 rings (SSSR count). The van der Waals surface area contributed by atoms with E-state index in [-0.39, 0.29) is 29.4 Å². The number of carbonyl (C=O) groups is 1. The van der Waals surface area contributed by atoms with Crippen LogP contribution in [0.5, 0.6) is 0 Å². The van der Waals surface area contributed by atoms with Gasteiger partial charge in [-0.05, 0) is 30.9 Å². The summed E-state index contributed by atoms with van der Waals surface area (Å²) >= 11 is 0. The van der Waals surface area contributed by atoms with Gasteiger partial charge >= 0.3 is 0 Å². The summed E-state index contributed by atoms with van der Waals surface area (Å²) in [5.74, 6) is -0.356. The van der Waals surface area contributed by atoms with E-state index in [1.165, 1.54) is 0 Å². The van der Waals surface area contributed by atoms with Crippen molar-refractivity contribution in [2.24, 2.45) is 11.8 Å². The van der Waals surface area contributed by atoms with E-state index in [1.807, 2.05) is 32.9 Å². The number of pyridine rings is 1. The molecule has 0 saturated carbocycles. The third-order valence-electron chi connectivity index (χ3n) is 3.91. The highest BCUT2D eigenvalue weighted by atomic mass is 32.2. The molecule has 2 heterocycles. The number of amides is 1. The van der Waals surface area contributed by atoms with Crippen LogP contribution in [0.2, 0.25) is 0 Å². The second-order valence-corrected chi connectivity index (χ2v) is 8.26. The normalized spacial score (nSPS) is 22.2. The summed E-state index contributed by atoms with van der Waals surface area (Å²) in [7, 11) is -3.05. The van der Waals surface area contributed by atoms with Gasteiger partial charge in [-0.15, -0.1) is 0 Å². The molecule has 6 heteroatoms. The van der Waals surface area contributed by atoms with Gasteiger partial charge in [-0.1, -0.05) is 19.9 Å². The van der Waals surface area contributed by atoms with Crippen molar-refractivity contribution < 1.29 is 13.2 Å². The second kappa shape index (κ2) is 6.13. The number of hydrogen-bond acceptors (Lipinski definition) is 4. The van der Waals surface area contributed by atoms with Gasteiger partial charge in [0, 0.05) is 6.20 Å². The molecule has 1 aliphatic heterocycles. The Balaban J connectivity index is 2.14. The van der Waals surface area contributed by atoms with Gasteiger partial charge in [0.15, 0.2) is 9.84 Å². The molecular weight excluding hydrogens is 288 g/mol.